The molecular formula is C11H5F6NO3S. The molecule has 0 N–H and O–H groups in total. The maximum Gasteiger partial charge on any atom is 0.573 e. The monoisotopic (exact) mass is 345 g/mol. The molecule has 120 valence electrons. The highest BCUT2D eigenvalue weighted by Crippen LogP contribution is 2.41. The minimum Gasteiger partial charge on any atom is -0.465 e. The number of halogens is 6. The van der Waals surface area contributed by atoms with Crippen LogP contribution in [0.2, 0.25) is 0 Å². The van der Waals surface area contributed by atoms with E-state index in [-0.39, 0.29) is 0 Å². The van der Waals surface area contributed by atoms with Crippen LogP contribution in [0.25, 0.3) is 0 Å². The summed E-state index contributed by atoms with van der Waals surface area (Å²) < 4.78 is 81.6. The molecule has 0 aliphatic carbocycles. The second-order valence-corrected chi connectivity index (χ2v) is 4.65. The van der Waals surface area contributed by atoms with Crippen LogP contribution in [0.1, 0.15) is 15.9 Å². The Morgan fingerprint density at radius 2 is 1.82 bits per heavy atom. The van der Waals surface area contributed by atoms with Crippen molar-refractivity contribution >= 4 is 17.7 Å². The average molecular weight is 345 g/mol. The van der Waals surface area contributed by atoms with Crippen molar-refractivity contribution < 1.29 is 40.6 Å². The van der Waals surface area contributed by atoms with E-state index in [4.69, 9.17) is 5.26 Å². The second-order valence-electron chi connectivity index (χ2n) is 3.54. The van der Waals surface area contributed by atoms with E-state index in [2.05, 4.69) is 9.47 Å². The van der Waals surface area contributed by atoms with Gasteiger partial charge in [0.15, 0.2) is 0 Å². The Morgan fingerprint density at radius 3 is 2.23 bits per heavy atom. The van der Waals surface area contributed by atoms with Gasteiger partial charge in [0.2, 0.25) is 0 Å². The van der Waals surface area contributed by atoms with Gasteiger partial charge in [0, 0.05) is 4.90 Å². The molecule has 1 rings (SSSR count). The molecular weight excluding hydrogens is 340 g/mol. The molecule has 11 heteroatoms. The maximum atomic E-state index is 12.4. The summed E-state index contributed by atoms with van der Waals surface area (Å²) in [5, 5.41) is 8.77. The first-order valence-electron chi connectivity index (χ1n) is 5.15. The number of benzene rings is 1. The first-order valence-corrected chi connectivity index (χ1v) is 5.96. The molecule has 0 saturated carbocycles. The Labute approximate surface area is 123 Å². The van der Waals surface area contributed by atoms with Gasteiger partial charge in [-0.25, -0.2) is 4.79 Å². The van der Waals surface area contributed by atoms with Crippen LogP contribution < -0.4 is 4.74 Å². The normalized spacial score (nSPS) is 11.7. The zero-order valence-electron chi connectivity index (χ0n) is 10.5. The third kappa shape index (κ3) is 5.03. The Balaban J connectivity index is 3.46. The van der Waals surface area contributed by atoms with E-state index < -0.39 is 51.4 Å². The number of esters is 1. The quantitative estimate of drug-likeness (QED) is 0.473. The molecule has 0 saturated heterocycles. The summed E-state index contributed by atoms with van der Waals surface area (Å²) >= 11 is -0.802. The van der Waals surface area contributed by atoms with Gasteiger partial charge in [0.1, 0.15) is 17.4 Å². The van der Waals surface area contributed by atoms with E-state index in [0.717, 1.165) is 7.11 Å². The number of nitriles is 1. The largest absolute Gasteiger partial charge is 0.573 e. The highest BCUT2D eigenvalue weighted by molar-refractivity contribution is 8.00. The number of methoxy groups -OCH3 is 1. The zero-order chi connectivity index (χ0) is 17.1. The summed E-state index contributed by atoms with van der Waals surface area (Å²) in [6, 6.07) is 2.22. The Bertz CT molecular complexity index is 620. The lowest BCUT2D eigenvalue weighted by Gasteiger charge is -2.15. The lowest BCUT2D eigenvalue weighted by molar-refractivity contribution is -0.274. The van der Waals surface area contributed by atoms with Gasteiger partial charge in [0.25, 0.3) is 0 Å². The molecule has 0 aromatic heterocycles. The van der Waals surface area contributed by atoms with Gasteiger partial charge in [-0.2, -0.15) is 18.4 Å². The Morgan fingerprint density at radius 1 is 1.23 bits per heavy atom. The van der Waals surface area contributed by atoms with E-state index >= 15 is 0 Å². The van der Waals surface area contributed by atoms with Crippen LogP contribution >= 0.6 is 11.8 Å². The van der Waals surface area contributed by atoms with Gasteiger partial charge in [-0.3, -0.25) is 0 Å². The number of carbonyl (C=O) groups excluding carboxylic acids is 1. The number of carbonyl (C=O) groups is 1. The van der Waals surface area contributed by atoms with Crippen molar-refractivity contribution in [2.45, 2.75) is 16.8 Å². The van der Waals surface area contributed by atoms with Crippen molar-refractivity contribution in [2.24, 2.45) is 0 Å². The molecule has 1 aromatic carbocycles. The van der Waals surface area contributed by atoms with Gasteiger partial charge in [0.05, 0.1) is 12.7 Å². The van der Waals surface area contributed by atoms with Crippen molar-refractivity contribution in [1.82, 2.24) is 0 Å². The zero-order valence-corrected chi connectivity index (χ0v) is 11.3. The number of ether oxygens (including phenoxy) is 2. The molecule has 0 bridgehead atoms. The summed E-state index contributed by atoms with van der Waals surface area (Å²) in [6.45, 7) is 0. The Kier molecular flexibility index (Phi) is 5.18. The highest BCUT2D eigenvalue weighted by Gasteiger charge is 2.36. The molecule has 0 aliphatic rings. The number of thioether (sulfide) groups is 1. The number of rotatable bonds is 3. The number of hydrogen-bond donors (Lipinski definition) is 0. The van der Waals surface area contributed by atoms with Gasteiger partial charge in [-0.05, 0) is 23.9 Å². The summed E-state index contributed by atoms with van der Waals surface area (Å²) in [4.78, 5) is 10.5. The van der Waals surface area contributed by atoms with Crippen LogP contribution in [0.5, 0.6) is 5.75 Å². The molecule has 22 heavy (non-hydrogen) atoms. The second kappa shape index (κ2) is 6.35. The van der Waals surface area contributed by atoms with Crippen LogP contribution in [0.3, 0.4) is 0 Å². The number of alkyl halides is 6. The first-order chi connectivity index (χ1) is 9.96. The van der Waals surface area contributed by atoms with Gasteiger partial charge in [-0.1, -0.05) is 0 Å². The van der Waals surface area contributed by atoms with Crippen molar-refractivity contribution in [1.29, 1.82) is 5.26 Å². The summed E-state index contributed by atoms with van der Waals surface area (Å²) in [5.41, 5.74) is -6.30. The van der Waals surface area contributed by atoms with Crippen LogP contribution in [0.4, 0.5) is 26.3 Å². The van der Waals surface area contributed by atoms with E-state index in [1.165, 1.54) is 6.07 Å². The minimum atomic E-state index is -5.24. The molecule has 0 amide bonds. The van der Waals surface area contributed by atoms with E-state index in [0.29, 0.717) is 12.1 Å². The van der Waals surface area contributed by atoms with Crippen LogP contribution in [-0.4, -0.2) is 24.9 Å². The van der Waals surface area contributed by atoms with Crippen molar-refractivity contribution in [3.63, 3.8) is 0 Å². The standard InChI is InChI=1S/C11H5F6NO3S/c1-20-9(19)6-2-5(4-18)8(22-11(15,16)17)3-7(6)21-10(12,13)14/h2-3H,1H3. The molecule has 4 nitrogen and oxygen atoms in total. The summed E-state index contributed by atoms with van der Waals surface area (Å²) in [6.07, 6.45) is -5.24. The van der Waals surface area contributed by atoms with Crippen molar-refractivity contribution in [3.8, 4) is 11.8 Å². The van der Waals surface area contributed by atoms with Crippen LogP contribution in [0.15, 0.2) is 17.0 Å². The number of nitrogens with zero attached hydrogens (tertiary/aromatic N) is 1. The van der Waals surface area contributed by atoms with Crippen molar-refractivity contribution in [2.75, 3.05) is 7.11 Å². The first kappa shape index (κ1) is 18.0. The lowest BCUT2D eigenvalue weighted by Crippen LogP contribution is -2.19. The molecule has 0 aliphatic heterocycles. The third-order valence-corrected chi connectivity index (χ3v) is 2.85. The SMILES string of the molecule is COC(=O)c1cc(C#N)c(SC(F)(F)F)cc1OC(F)(F)F. The molecule has 1 aromatic rings. The predicted octanol–water partition coefficient (Wildman–Crippen LogP) is 3.86. The summed E-state index contributed by atoms with van der Waals surface area (Å²) in [7, 11) is 0.851. The lowest BCUT2D eigenvalue weighted by atomic mass is 10.1. The summed E-state index contributed by atoms with van der Waals surface area (Å²) in [5.74, 6) is -2.48. The third-order valence-electron chi connectivity index (χ3n) is 2.06. The van der Waals surface area contributed by atoms with E-state index in [1.807, 2.05) is 0 Å². The van der Waals surface area contributed by atoms with Gasteiger partial charge >= 0.3 is 17.8 Å². The van der Waals surface area contributed by atoms with Gasteiger partial charge < -0.3 is 9.47 Å². The molecule has 0 atom stereocenters. The van der Waals surface area contributed by atoms with E-state index in [9.17, 15) is 31.1 Å². The molecule has 0 spiro atoms. The topological polar surface area (TPSA) is 59.3 Å². The maximum absolute atomic E-state index is 12.4. The fourth-order valence-corrected chi connectivity index (χ4v) is 1.97. The fourth-order valence-electron chi connectivity index (χ4n) is 1.34. The highest BCUT2D eigenvalue weighted by atomic mass is 32.2. The molecule has 0 radical (unpaired) electrons. The fraction of sp³-hybridized carbons (Fsp3) is 0.273. The Hall–Kier alpha value is -2.09. The molecule has 0 heterocycles. The van der Waals surface area contributed by atoms with Crippen molar-refractivity contribution in [3.05, 3.63) is 23.3 Å². The van der Waals surface area contributed by atoms with Crippen LogP contribution in [0, 0.1) is 11.3 Å². The van der Waals surface area contributed by atoms with Gasteiger partial charge in [-0.15, -0.1) is 13.2 Å². The average Bonchev–Trinajstić information content (AvgIpc) is 2.34. The van der Waals surface area contributed by atoms with Crippen LogP contribution in [-0.2, 0) is 4.74 Å². The molecule has 0 unspecified atom stereocenters. The smallest absolute Gasteiger partial charge is 0.465 e. The number of hydrogen-bond acceptors (Lipinski definition) is 5. The molecule has 0 fully saturated rings. The minimum absolute atomic E-state index is 0.316. The predicted molar refractivity (Wildman–Crippen MR) is 61.1 cm³/mol. The van der Waals surface area contributed by atoms with E-state index in [1.54, 1.807) is 0 Å².